The first-order chi connectivity index (χ1) is 8.86. The average Bonchev–Trinajstić information content (AvgIpc) is 2.38. The summed E-state index contributed by atoms with van der Waals surface area (Å²) in [6, 6.07) is 4.91. The van der Waals surface area contributed by atoms with Gasteiger partial charge in [0.2, 0.25) is 5.91 Å². The maximum Gasteiger partial charge on any atom is 0.240 e. The topological polar surface area (TPSA) is 46.3 Å². The van der Waals surface area contributed by atoms with Crippen molar-refractivity contribution in [3.8, 4) is 0 Å². The van der Waals surface area contributed by atoms with E-state index in [1.807, 2.05) is 26.8 Å². The SMILES string of the molecule is CCN(Cc1ccc(Cl)c(Cl)c1)C(=O)[C@@H](N)C(C)C. The molecule has 106 valence electrons. The number of amides is 1. The molecule has 0 saturated heterocycles. The summed E-state index contributed by atoms with van der Waals surface area (Å²) in [5.41, 5.74) is 6.85. The molecule has 0 aliphatic rings. The van der Waals surface area contributed by atoms with E-state index in [0.717, 1.165) is 5.56 Å². The van der Waals surface area contributed by atoms with Crippen molar-refractivity contribution in [2.75, 3.05) is 6.54 Å². The number of halogens is 2. The highest BCUT2D eigenvalue weighted by Gasteiger charge is 2.22. The van der Waals surface area contributed by atoms with Crippen LogP contribution in [0.5, 0.6) is 0 Å². The summed E-state index contributed by atoms with van der Waals surface area (Å²) in [5, 5.41) is 1.01. The monoisotopic (exact) mass is 302 g/mol. The first-order valence-electron chi connectivity index (χ1n) is 6.35. The highest BCUT2D eigenvalue weighted by Crippen LogP contribution is 2.23. The van der Waals surface area contributed by atoms with Gasteiger partial charge in [0.1, 0.15) is 0 Å². The van der Waals surface area contributed by atoms with Crippen LogP contribution in [0.3, 0.4) is 0 Å². The quantitative estimate of drug-likeness (QED) is 0.907. The Morgan fingerprint density at radius 3 is 2.42 bits per heavy atom. The Morgan fingerprint density at radius 1 is 1.32 bits per heavy atom. The van der Waals surface area contributed by atoms with Crippen LogP contribution >= 0.6 is 23.2 Å². The van der Waals surface area contributed by atoms with Crippen molar-refractivity contribution in [1.82, 2.24) is 4.90 Å². The molecule has 0 unspecified atom stereocenters. The fraction of sp³-hybridized carbons (Fsp3) is 0.500. The van der Waals surface area contributed by atoms with Crippen LogP contribution < -0.4 is 5.73 Å². The van der Waals surface area contributed by atoms with E-state index in [4.69, 9.17) is 28.9 Å². The second-order valence-corrected chi connectivity index (χ2v) is 5.69. The maximum absolute atomic E-state index is 12.2. The van der Waals surface area contributed by atoms with Crippen LogP contribution in [0.4, 0.5) is 0 Å². The Balaban J connectivity index is 2.81. The van der Waals surface area contributed by atoms with Gasteiger partial charge in [-0.1, -0.05) is 43.1 Å². The number of carbonyl (C=O) groups is 1. The summed E-state index contributed by atoms with van der Waals surface area (Å²) in [4.78, 5) is 13.9. The van der Waals surface area contributed by atoms with Crippen LogP contribution in [0.15, 0.2) is 18.2 Å². The third kappa shape index (κ3) is 4.37. The van der Waals surface area contributed by atoms with Crippen molar-refractivity contribution >= 4 is 29.1 Å². The van der Waals surface area contributed by atoms with E-state index in [1.54, 1.807) is 17.0 Å². The van der Waals surface area contributed by atoms with Gasteiger partial charge in [0.25, 0.3) is 0 Å². The first kappa shape index (κ1) is 16.3. The van der Waals surface area contributed by atoms with Crippen molar-refractivity contribution in [3.63, 3.8) is 0 Å². The fourth-order valence-corrected chi connectivity index (χ4v) is 2.02. The predicted molar refractivity (Wildman–Crippen MR) is 80.4 cm³/mol. The third-order valence-electron chi connectivity index (χ3n) is 3.05. The summed E-state index contributed by atoms with van der Waals surface area (Å²) >= 11 is 11.8. The molecule has 2 N–H and O–H groups in total. The largest absolute Gasteiger partial charge is 0.337 e. The van der Waals surface area contributed by atoms with Crippen LogP contribution in [0, 0.1) is 5.92 Å². The second-order valence-electron chi connectivity index (χ2n) is 4.87. The fourth-order valence-electron chi connectivity index (χ4n) is 1.70. The number of hydrogen-bond donors (Lipinski definition) is 1. The second kappa shape index (κ2) is 7.13. The van der Waals surface area contributed by atoms with Gasteiger partial charge in [0.05, 0.1) is 16.1 Å². The molecule has 0 aliphatic heterocycles. The normalized spacial score (nSPS) is 12.6. The zero-order valence-corrected chi connectivity index (χ0v) is 13.0. The lowest BCUT2D eigenvalue weighted by Gasteiger charge is -2.26. The highest BCUT2D eigenvalue weighted by molar-refractivity contribution is 6.42. The van der Waals surface area contributed by atoms with E-state index in [2.05, 4.69) is 0 Å². The van der Waals surface area contributed by atoms with Gasteiger partial charge in [-0.3, -0.25) is 4.79 Å². The molecule has 1 aromatic rings. The Hall–Kier alpha value is -0.770. The number of benzene rings is 1. The average molecular weight is 303 g/mol. The summed E-state index contributed by atoms with van der Waals surface area (Å²) in [7, 11) is 0. The van der Waals surface area contributed by atoms with E-state index in [1.165, 1.54) is 0 Å². The Morgan fingerprint density at radius 2 is 1.95 bits per heavy atom. The lowest BCUT2D eigenvalue weighted by molar-refractivity contribution is -0.134. The minimum Gasteiger partial charge on any atom is -0.337 e. The molecule has 3 nitrogen and oxygen atoms in total. The highest BCUT2D eigenvalue weighted by atomic mass is 35.5. The predicted octanol–water partition coefficient (Wildman–Crippen LogP) is 3.33. The minimum atomic E-state index is -0.470. The van der Waals surface area contributed by atoms with Crippen molar-refractivity contribution < 1.29 is 4.79 Å². The number of nitrogens with two attached hydrogens (primary N) is 1. The molecule has 0 heterocycles. The van der Waals surface area contributed by atoms with Crippen molar-refractivity contribution in [2.45, 2.75) is 33.4 Å². The van der Waals surface area contributed by atoms with Crippen LogP contribution in [0.2, 0.25) is 10.0 Å². The minimum absolute atomic E-state index is 0.0384. The van der Waals surface area contributed by atoms with E-state index < -0.39 is 6.04 Å². The zero-order valence-electron chi connectivity index (χ0n) is 11.5. The van der Waals surface area contributed by atoms with Crippen LogP contribution in [-0.2, 0) is 11.3 Å². The number of carbonyl (C=O) groups excluding carboxylic acids is 1. The summed E-state index contributed by atoms with van der Waals surface area (Å²) in [6.45, 7) is 6.92. The molecule has 5 heteroatoms. The van der Waals surface area contributed by atoms with Crippen molar-refractivity contribution in [3.05, 3.63) is 33.8 Å². The summed E-state index contributed by atoms with van der Waals surface area (Å²) in [5.74, 6) is 0.0823. The first-order valence-corrected chi connectivity index (χ1v) is 7.10. The number of nitrogens with zero attached hydrogens (tertiary/aromatic N) is 1. The van der Waals surface area contributed by atoms with Crippen LogP contribution in [-0.4, -0.2) is 23.4 Å². The Labute approximate surface area is 124 Å². The van der Waals surface area contributed by atoms with Gasteiger partial charge < -0.3 is 10.6 Å². The van der Waals surface area contributed by atoms with Crippen LogP contribution in [0.25, 0.3) is 0 Å². The van der Waals surface area contributed by atoms with Gasteiger partial charge >= 0.3 is 0 Å². The number of hydrogen-bond acceptors (Lipinski definition) is 2. The number of rotatable bonds is 5. The number of likely N-dealkylation sites (N-methyl/N-ethyl adjacent to an activating group) is 1. The Bertz CT molecular complexity index is 449. The molecule has 0 fully saturated rings. The van der Waals surface area contributed by atoms with Crippen LogP contribution in [0.1, 0.15) is 26.3 Å². The molecule has 0 radical (unpaired) electrons. The molecule has 1 atom stereocenters. The molecule has 19 heavy (non-hydrogen) atoms. The van der Waals surface area contributed by atoms with E-state index in [0.29, 0.717) is 23.1 Å². The molecule has 0 aromatic heterocycles. The zero-order chi connectivity index (χ0) is 14.6. The molecular weight excluding hydrogens is 283 g/mol. The molecule has 0 aliphatic carbocycles. The van der Waals surface area contributed by atoms with Gasteiger partial charge in [0.15, 0.2) is 0 Å². The molecule has 1 amide bonds. The summed E-state index contributed by atoms with van der Waals surface area (Å²) < 4.78 is 0. The smallest absolute Gasteiger partial charge is 0.240 e. The Kier molecular flexibility index (Phi) is 6.11. The molecule has 1 aromatic carbocycles. The van der Waals surface area contributed by atoms with E-state index >= 15 is 0 Å². The molecule has 1 rings (SSSR count). The third-order valence-corrected chi connectivity index (χ3v) is 3.79. The van der Waals surface area contributed by atoms with Gasteiger partial charge in [0, 0.05) is 13.1 Å². The standard InChI is InChI=1S/C14H20Cl2N2O/c1-4-18(14(19)13(17)9(2)3)8-10-5-6-11(15)12(16)7-10/h5-7,9,13H,4,8,17H2,1-3H3/t13-/m0/s1. The van der Waals surface area contributed by atoms with Gasteiger partial charge in [-0.2, -0.15) is 0 Å². The molecule has 0 bridgehead atoms. The summed E-state index contributed by atoms with van der Waals surface area (Å²) in [6.07, 6.45) is 0. The van der Waals surface area contributed by atoms with Crippen molar-refractivity contribution in [1.29, 1.82) is 0 Å². The maximum atomic E-state index is 12.2. The van der Waals surface area contributed by atoms with E-state index in [9.17, 15) is 4.79 Å². The lowest BCUT2D eigenvalue weighted by atomic mass is 10.0. The molecule has 0 spiro atoms. The molecular formula is C14H20Cl2N2O. The van der Waals surface area contributed by atoms with E-state index in [-0.39, 0.29) is 11.8 Å². The van der Waals surface area contributed by atoms with Gasteiger partial charge in [-0.05, 0) is 30.5 Å². The molecule has 0 saturated carbocycles. The van der Waals surface area contributed by atoms with Crippen molar-refractivity contribution in [2.24, 2.45) is 11.7 Å². The lowest BCUT2D eigenvalue weighted by Crippen LogP contribution is -2.46. The van der Waals surface area contributed by atoms with Gasteiger partial charge in [-0.15, -0.1) is 0 Å². The van der Waals surface area contributed by atoms with Gasteiger partial charge in [-0.25, -0.2) is 0 Å².